The molecule has 10 rings (SSSR count). The zero-order chi connectivity index (χ0) is 30.9. The Morgan fingerprint density at radius 2 is 1.11 bits per heavy atom. The average molecular weight is 618 g/mol. The van der Waals surface area contributed by atoms with Crippen LogP contribution in [0, 0.1) is 0 Å². The van der Waals surface area contributed by atoms with Crippen molar-refractivity contribution in [1.29, 1.82) is 0 Å². The Labute approximate surface area is 276 Å². The van der Waals surface area contributed by atoms with Gasteiger partial charge in [-0.05, 0) is 87.4 Å². The zero-order valence-electron chi connectivity index (χ0n) is 25.4. The Morgan fingerprint density at radius 3 is 2.04 bits per heavy atom. The number of hydrogen-bond acceptors (Lipinski definition) is 3. The summed E-state index contributed by atoms with van der Waals surface area (Å²) in [6.07, 6.45) is 0. The number of hydrogen-bond donors (Lipinski definition) is 0. The van der Waals surface area contributed by atoms with E-state index in [1.807, 2.05) is 11.3 Å². The number of fused-ring (bicyclic) bond motifs is 6. The fraction of sp³-hybridized carbons (Fsp3) is 0. The highest BCUT2D eigenvalue weighted by Gasteiger charge is 2.24. The Balaban J connectivity index is 1.16. The molecule has 2 heterocycles. The summed E-state index contributed by atoms with van der Waals surface area (Å²) in [5, 5.41) is 7.37. The quantitative estimate of drug-likeness (QED) is 0.195. The number of thiophene rings is 1. The molecular formula is C44H27NOS. The number of ether oxygens (including phenoxy) is 1. The molecule has 0 N–H and O–H groups in total. The van der Waals surface area contributed by atoms with Crippen molar-refractivity contribution in [3.05, 3.63) is 164 Å². The molecule has 1 aromatic heterocycles. The van der Waals surface area contributed by atoms with E-state index in [1.54, 1.807) is 0 Å². The molecule has 3 heteroatoms. The minimum Gasteiger partial charge on any atom is -0.456 e. The van der Waals surface area contributed by atoms with Crippen molar-refractivity contribution in [2.75, 3.05) is 4.90 Å². The monoisotopic (exact) mass is 617 g/mol. The SMILES string of the molecule is c1ccc(-c2ccc3c4c(cccc24)-c2ccc(N(c4ccc5ccccc5c4)c4ccc5sc6ccccc6c5c4)cc2O3)cc1. The number of rotatable bonds is 4. The van der Waals surface area contributed by atoms with Gasteiger partial charge in [0.25, 0.3) is 0 Å². The predicted octanol–water partition coefficient (Wildman–Crippen LogP) is 13.3. The van der Waals surface area contributed by atoms with Crippen LogP contribution in [0.2, 0.25) is 0 Å². The van der Waals surface area contributed by atoms with Gasteiger partial charge in [-0.2, -0.15) is 0 Å². The average Bonchev–Trinajstić information content (AvgIpc) is 3.50. The van der Waals surface area contributed by atoms with Gasteiger partial charge in [0, 0.05) is 54.3 Å². The Kier molecular flexibility index (Phi) is 5.78. The van der Waals surface area contributed by atoms with Crippen molar-refractivity contribution in [3.63, 3.8) is 0 Å². The molecule has 47 heavy (non-hydrogen) atoms. The maximum absolute atomic E-state index is 6.76. The molecule has 0 unspecified atom stereocenters. The minimum absolute atomic E-state index is 0.864. The van der Waals surface area contributed by atoms with E-state index in [2.05, 4.69) is 169 Å². The molecule has 0 amide bonds. The molecule has 0 radical (unpaired) electrons. The molecule has 1 aliphatic heterocycles. The van der Waals surface area contributed by atoms with E-state index in [0.29, 0.717) is 0 Å². The number of nitrogens with zero attached hydrogens (tertiary/aromatic N) is 1. The van der Waals surface area contributed by atoms with Crippen LogP contribution in [0.5, 0.6) is 11.5 Å². The standard InChI is InChI=1S/C44H27NOS/c1-2-10-29(11-3-1)34-22-23-40-44-37(34)14-8-15-38(44)35-21-19-33(27-41(35)46-40)45(31-18-17-28-9-4-5-12-30(28)25-31)32-20-24-43-39(26-32)36-13-6-7-16-42(36)47-43/h1-27H. The van der Waals surface area contributed by atoms with Crippen molar-refractivity contribution in [3.8, 4) is 33.8 Å². The van der Waals surface area contributed by atoms with Crippen LogP contribution in [-0.2, 0) is 0 Å². The molecule has 0 aliphatic carbocycles. The molecule has 220 valence electrons. The number of benzene rings is 8. The van der Waals surface area contributed by atoms with Gasteiger partial charge in [-0.25, -0.2) is 0 Å². The zero-order valence-corrected chi connectivity index (χ0v) is 26.2. The topological polar surface area (TPSA) is 12.5 Å². The first-order valence-electron chi connectivity index (χ1n) is 15.9. The van der Waals surface area contributed by atoms with Crippen LogP contribution < -0.4 is 9.64 Å². The Morgan fingerprint density at radius 1 is 0.404 bits per heavy atom. The van der Waals surface area contributed by atoms with E-state index in [0.717, 1.165) is 39.5 Å². The first-order valence-corrected chi connectivity index (χ1v) is 16.7. The third kappa shape index (κ3) is 4.17. The normalized spacial score (nSPS) is 12.0. The van der Waals surface area contributed by atoms with Crippen LogP contribution in [0.4, 0.5) is 17.1 Å². The fourth-order valence-electron chi connectivity index (χ4n) is 7.24. The molecular weight excluding hydrogens is 591 g/mol. The summed E-state index contributed by atoms with van der Waals surface area (Å²) in [6, 6.07) is 59.0. The highest BCUT2D eigenvalue weighted by molar-refractivity contribution is 7.25. The van der Waals surface area contributed by atoms with Crippen LogP contribution in [0.3, 0.4) is 0 Å². The van der Waals surface area contributed by atoms with E-state index in [9.17, 15) is 0 Å². The largest absolute Gasteiger partial charge is 0.456 e. The molecule has 9 aromatic rings. The molecule has 1 aliphatic rings. The summed E-state index contributed by atoms with van der Waals surface area (Å²) in [4.78, 5) is 2.36. The summed E-state index contributed by atoms with van der Waals surface area (Å²) in [7, 11) is 0. The molecule has 0 bridgehead atoms. The van der Waals surface area contributed by atoms with Crippen molar-refractivity contribution in [2.24, 2.45) is 0 Å². The van der Waals surface area contributed by atoms with Crippen LogP contribution in [-0.4, -0.2) is 0 Å². The Hall–Kier alpha value is -5.90. The molecule has 0 saturated heterocycles. The van der Waals surface area contributed by atoms with Gasteiger partial charge >= 0.3 is 0 Å². The van der Waals surface area contributed by atoms with Gasteiger partial charge in [-0.1, -0.05) is 103 Å². The molecule has 0 saturated carbocycles. The highest BCUT2D eigenvalue weighted by Crippen LogP contribution is 2.51. The first kappa shape index (κ1) is 26.3. The molecule has 0 fully saturated rings. The van der Waals surface area contributed by atoms with Gasteiger partial charge in [-0.3, -0.25) is 0 Å². The lowest BCUT2D eigenvalue weighted by Crippen LogP contribution is -2.10. The maximum Gasteiger partial charge on any atom is 0.137 e. The second-order valence-corrected chi connectivity index (χ2v) is 13.2. The lowest BCUT2D eigenvalue weighted by atomic mass is 9.90. The smallest absolute Gasteiger partial charge is 0.137 e. The van der Waals surface area contributed by atoms with E-state index in [-0.39, 0.29) is 0 Å². The molecule has 0 atom stereocenters. The summed E-state index contributed by atoms with van der Waals surface area (Å²) >= 11 is 1.85. The van der Waals surface area contributed by atoms with Gasteiger partial charge in [0.1, 0.15) is 11.5 Å². The summed E-state index contributed by atoms with van der Waals surface area (Å²) in [6.45, 7) is 0. The Bertz CT molecular complexity index is 2670. The van der Waals surface area contributed by atoms with Crippen LogP contribution in [0.1, 0.15) is 0 Å². The lowest BCUT2D eigenvalue weighted by molar-refractivity contribution is 0.487. The fourth-order valence-corrected chi connectivity index (χ4v) is 8.33. The van der Waals surface area contributed by atoms with Gasteiger partial charge in [0.05, 0.1) is 0 Å². The molecule has 2 nitrogen and oxygen atoms in total. The van der Waals surface area contributed by atoms with E-state index >= 15 is 0 Å². The summed E-state index contributed by atoms with van der Waals surface area (Å²) in [5.74, 6) is 1.76. The van der Waals surface area contributed by atoms with Crippen LogP contribution >= 0.6 is 11.3 Å². The maximum atomic E-state index is 6.76. The third-order valence-electron chi connectivity index (χ3n) is 9.43. The van der Waals surface area contributed by atoms with E-state index in [4.69, 9.17) is 4.74 Å². The van der Waals surface area contributed by atoms with Gasteiger partial charge in [-0.15, -0.1) is 11.3 Å². The van der Waals surface area contributed by atoms with Gasteiger partial charge in [0.2, 0.25) is 0 Å². The molecule has 8 aromatic carbocycles. The molecule has 0 spiro atoms. The summed E-state index contributed by atoms with van der Waals surface area (Å²) in [5.41, 5.74) is 8.00. The number of anilines is 3. The van der Waals surface area contributed by atoms with Crippen molar-refractivity contribution >= 4 is 70.1 Å². The predicted molar refractivity (Wildman–Crippen MR) is 200 cm³/mol. The highest BCUT2D eigenvalue weighted by atomic mass is 32.1. The van der Waals surface area contributed by atoms with Crippen molar-refractivity contribution in [1.82, 2.24) is 0 Å². The summed E-state index contributed by atoms with van der Waals surface area (Å²) < 4.78 is 9.36. The second-order valence-electron chi connectivity index (χ2n) is 12.1. The van der Waals surface area contributed by atoms with Gasteiger partial charge < -0.3 is 9.64 Å². The van der Waals surface area contributed by atoms with E-state index in [1.165, 1.54) is 53.0 Å². The van der Waals surface area contributed by atoms with Gasteiger partial charge in [0.15, 0.2) is 0 Å². The third-order valence-corrected chi connectivity index (χ3v) is 10.6. The lowest BCUT2D eigenvalue weighted by Gasteiger charge is -2.28. The van der Waals surface area contributed by atoms with Crippen LogP contribution in [0.15, 0.2) is 164 Å². The second kappa shape index (κ2) is 10.3. The van der Waals surface area contributed by atoms with Crippen molar-refractivity contribution < 1.29 is 4.74 Å². The van der Waals surface area contributed by atoms with E-state index < -0.39 is 0 Å². The minimum atomic E-state index is 0.864. The van der Waals surface area contributed by atoms with Crippen molar-refractivity contribution in [2.45, 2.75) is 0 Å². The first-order chi connectivity index (χ1) is 23.3. The van der Waals surface area contributed by atoms with Crippen LogP contribution in [0.25, 0.3) is 64.0 Å².